The molecule has 0 atom stereocenters. The number of anilines is 2. The van der Waals surface area contributed by atoms with Crippen molar-refractivity contribution in [2.75, 3.05) is 16.9 Å². The zero-order valence-electron chi connectivity index (χ0n) is 11.7. The molecular formula is C16H16FN3O. The van der Waals surface area contributed by atoms with E-state index in [1.807, 2.05) is 13.0 Å². The standard InChI is InChI=1S/C16H16FN3O/c1-10-2-5-14(19-18)13(8-10)16(21)20-7-6-11-3-4-12(17)9-15(11)20/h2-5,8-9,19H,6-7,18H2,1H3. The smallest absolute Gasteiger partial charge is 0.260 e. The number of hydrogen-bond donors (Lipinski definition) is 2. The summed E-state index contributed by atoms with van der Waals surface area (Å²) in [6.45, 7) is 2.46. The van der Waals surface area contributed by atoms with Crippen molar-refractivity contribution in [2.45, 2.75) is 13.3 Å². The number of hydrazine groups is 1. The molecule has 21 heavy (non-hydrogen) atoms. The number of benzene rings is 2. The Morgan fingerprint density at radius 1 is 1.29 bits per heavy atom. The van der Waals surface area contributed by atoms with Gasteiger partial charge in [-0.3, -0.25) is 10.6 Å². The maximum absolute atomic E-state index is 13.4. The van der Waals surface area contributed by atoms with Crippen LogP contribution in [0, 0.1) is 12.7 Å². The predicted molar refractivity (Wildman–Crippen MR) is 80.8 cm³/mol. The molecule has 0 saturated heterocycles. The molecule has 0 saturated carbocycles. The topological polar surface area (TPSA) is 58.4 Å². The van der Waals surface area contributed by atoms with Gasteiger partial charge in [0.25, 0.3) is 5.91 Å². The highest BCUT2D eigenvalue weighted by molar-refractivity contribution is 6.10. The van der Waals surface area contributed by atoms with Crippen LogP contribution in [0.1, 0.15) is 21.5 Å². The average Bonchev–Trinajstić information content (AvgIpc) is 2.89. The van der Waals surface area contributed by atoms with Gasteiger partial charge in [0.15, 0.2) is 0 Å². The summed E-state index contributed by atoms with van der Waals surface area (Å²) in [6, 6.07) is 10.00. The van der Waals surface area contributed by atoms with E-state index >= 15 is 0 Å². The van der Waals surface area contributed by atoms with Crippen LogP contribution < -0.4 is 16.2 Å². The van der Waals surface area contributed by atoms with Crippen LogP contribution in [0.4, 0.5) is 15.8 Å². The number of amides is 1. The van der Waals surface area contributed by atoms with Crippen LogP contribution in [0.15, 0.2) is 36.4 Å². The summed E-state index contributed by atoms with van der Waals surface area (Å²) in [4.78, 5) is 14.4. The van der Waals surface area contributed by atoms with Gasteiger partial charge in [-0.15, -0.1) is 0 Å². The molecule has 0 unspecified atom stereocenters. The molecule has 3 rings (SSSR count). The third kappa shape index (κ3) is 2.36. The van der Waals surface area contributed by atoms with E-state index in [1.54, 1.807) is 23.1 Å². The van der Waals surface area contributed by atoms with E-state index in [2.05, 4.69) is 5.43 Å². The van der Waals surface area contributed by atoms with Crippen molar-refractivity contribution in [1.29, 1.82) is 0 Å². The number of halogens is 1. The highest BCUT2D eigenvalue weighted by atomic mass is 19.1. The van der Waals surface area contributed by atoms with Crippen LogP contribution in [0.5, 0.6) is 0 Å². The van der Waals surface area contributed by atoms with Crippen LogP contribution in [0.3, 0.4) is 0 Å². The van der Waals surface area contributed by atoms with Gasteiger partial charge < -0.3 is 10.3 Å². The van der Waals surface area contributed by atoms with Crippen molar-refractivity contribution in [3.63, 3.8) is 0 Å². The van der Waals surface area contributed by atoms with Gasteiger partial charge in [-0.05, 0) is 43.2 Å². The number of nitrogens with one attached hydrogen (secondary N) is 1. The summed E-state index contributed by atoms with van der Waals surface area (Å²) in [5.41, 5.74) is 6.20. The molecule has 1 aliphatic heterocycles. The number of nitrogens with zero attached hydrogens (tertiary/aromatic N) is 1. The van der Waals surface area contributed by atoms with Crippen molar-refractivity contribution in [3.05, 3.63) is 58.9 Å². The van der Waals surface area contributed by atoms with Gasteiger partial charge in [-0.2, -0.15) is 0 Å². The molecular weight excluding hydrogens is 269 g/mol. The van der Waals surface area contributed by atoms with Crippen LogP contribution in [-0.2, 0) is 6.42 Å². The summed E-state index contributed by atoms with van der Waals surface area (Å²) < 4.78 is 13.4. The fourth-order valence-corrected chi connectivity index (χ4v) is 2.67. The maximum Gasteiger partial charge on any atom is 0.260 e. The van der Waals surface area contributed by atoms with E-state index in [9.17, 15) is 9.18 Å². The first-order valence-corrected chi connectivity index (χ1v) is 6.77. The number of hydrogen-bond acceptors (Lipinski definition) is 3. The van der Waals surface area contributed by atoms with Gasteiger partial charge in [-0.25, -0.2) is 4.39 Å². The van der Waals surface area contributed by atoms with Gasteiger partial charge in [0.1, 0.15) is 5.82 Å². The first-order chi connectivity index (χ1) is 10.1. The normalized spacial score (nSPS) is 13.2. The molecule has 0 aromatic heterocycles. The molecule has 4 nitrogen and oxygen atoms in total. The molecule has 2 aromatic rings. The Morgan fingerprint density at radius 3 is 2.86 bits per heavy atom. The van der Waals surface area contributed by atoms with Crippen LogP contribution in [-0.4, -0.2) is 12.5 Å². The average molecular weight is 285 g/mol. The molecule has 1 amide bonds. The SMILES string of the molecule is Cc1ccc(NN)c(C(=O)N2CCc3ccc(F)cc32)c1. The first kappa shape index (κ1) is 13.6. The number of rotatable bonds is 2. The van der Waals surface area contributed by atoms with E-state index in [1.165, 1.54) is 12.1 Å². The Bertz CT molecular complexity index is 715. The number of nitrogens with two attached hydrogens (primary N) is 1. The van der Waals surface area contributed by atoms with Crippen molar-refractivity contribution < 1.29 is 9.18 Å². The number of carbonyl (C=O) groups is 1. The molecule has 1 aliphatic rings. The first-order valence-electron chi connectivity index (χ1n) is 6.77. The minimum absolute atomic E-state index is 0.170. The van der Waals surface area contributed by atoms with Gasteiger partial charge in [0, 0.05) is 6.54 Å². The molecule has 0 radical (unpaired) electrons. The third-order valence-electron chi connectivity index (χ3n) is 3.75. The van der Waals surface area contributed by atoms with Gasteiger partial charge >= 0.3 is 0 Å². The summed E-state index contributed by atoms with van der Waals surface area (Å²) in [7, 11) is 0. The molecule has 2 aromatic carbocycles. The lowest BCUT2D eigenvalue weighted by Crippen LogP contribution is -2.30. The lowest BCUT2D eigenvalue weighted by Gasteiger charge is -2.19. The number of aryl methyl sites for hydroxylation is 1. The Balaban J connectivity index is 2.02. The Labute approximate surface area is 122 Å². The molecule has 1 heterocycles. The van der Waals surface area contributed by atoms with E-state index in [4.69, 9.17) is 5.84 Å². The largest absolute Gasteiger partial charge is 0.323 e. The number of carbonyl (C=O) groups excluding carboxylic acids is 1. The molecule has 0 aliphatic carbocycles. The molecule has 5 heteroatoms. The van der Waals surface area contributed by atoms with Gasteiger partial charge in [0.2, 0.25) is 0 Å². The van der Waals surface area contributed by atoms with Crippen molar-refractivity contribution in [3.8, 4) is 0 Å². The fraction of sp³-hybridized carbons (Fsp3) is 0.188. The molecule has 0 fully saturated rings. The third-order valence-corrected chi connectivity index (χ3v) is 3.75. The lowest BCUT2D eigenvalue weighted by atomic mass is 10.1. The predicted octanol–water partition coefficient (Wildman–Crippen LogP) is 2.62. The monoisotopic (exact) mass is 285 g/mol. The maximum atomic E-state index is 13.4. The summed E-state index contributed by atoms with van der Waals surface area (Å²) in [5, 5.41) is 0. The van der Waals surface area contributed by atoms with Gasteiger partial charge in [-0.1, -0.05) is 17.7 Å². The van der Waals surface area contributed by atoms with E-state index in [0.717, 1.165) is 17.5 Å². The van der Waals surface area contributed by atoms with Crippen LogP contribution >= 0.6 is 0 Å². The Hall–Kier alpha value is -2.40. The zero-order valence-corrected chi connectivity index (χ0v) is 11.7. The zero-order chi connectivity index (χ0) is 15.0. The quantitative estimate of drug-likeness (QED) is 0.658. The Kier molecular flexibility index (Phi) is 3.35. The Morgan fingerprint density at radius 2 is 2.10 bits per heavy atom. The number of fused-ring (bicyclic) bond motifs is 1. The fourth-order valence-electron chi connectivity index (χ4n) is 2.67. The lowest BCUT2D eigenvalue weighted by molar-refractivity contribution is 0.0990. The minimum Gasteiger partial charge on any atom is -0.323 e. The van der Waals surface area contributed by atoms with Crippen molar-refractivity contribution in [2.24, 2.45) is 5.84 Å². The second kappa shape index (κ2) is 5.18. The highest BCUT2D eigenvalue weighted by Gasteiger charge is 2.27. The van der Waals surface area contributed by atoms with E-state index in [-0.39, 0.29) is 11.7 Å². The van der Waals surface area contributed by atoms with E-state index in [0.29, 0.717) is 23.5 Å². The second-order valence-electron chi connectivity index (χ2n) is 5.17. The second-order valence-corrected chi connectivity index (χ2v) is 5.17. The molecule has 0 bridgehead atoms. The number of nitrogen functional groups attached to an aromatic ring is 1. The molecule has 0 spiro atoms. The van der Waals surface area contributed by atoms with E-state index < -0.39 is 0 Å². The van der Waals surface area contributed by atoms with Crippen LogP contribution in [0.2, 0.25) is 0 Å². The minimum atomic E-state index is -0.338. The molecule has 3 N–H and O–H groups in total. The van der Waals surface area contributed by atoms with Crippen LogP contribution in [0.25, 0.3) is 0 Å². The highest BCUT2D eigenvalue weighted by Crippen LogP contribution is 2.31. The molecule has 108 valence electrons. The summed E-state index contributed by atoms with van der Waals surface area (Å²) >= 11 is 0. The summed E-state index contributed by atoms with van der Waals surface area (Å²) in [6.07, 6.45) is 0.735. The van der Waals surface area contributed by atoms with Crippen molar-refractivity contribution >= 4 is 17.3 Å². The summed E-state index contributed by atoms with van der Waals surface area (Å²) in [5.74, 6) is 4.97. The van der Waals surface area contributed by atoms with Gasteiger partial charge in [0.05, 0.1) is 16.9 Å². The van der Waals surface area contributed by atoms with Crippen molar-refractivity contribution in [1.82, 2.24) is 0 Å².